The maximum absolute atomic E-state index is 12.8. The van der Waals surface area contributed by atoms with Crippen molar-refractivity contribution < 1.29 is 27.4 Å². The number of benzene rings is 2. The van der Waals surface area contributed by atoms with Gasteiger partial charge in [-0.05, 0) is 65.0 Å². The van der Waals surface area contributed by atoms with Crippen molar-refractivity contribution in [2.45, 2.75) is 51.2 Å². The number of carbonyl (C=O) groups excluding carboxylic acids is 1. The van der Waals surface area contributed by atoms with Crippen molar-refractivity contribution in [3.05, 3.63) is 53.6 Å². The molecule has 0 unspecified atom stereocenters. The Morgan fingerprint density at radius 2 is 1.61 bits per heavy atom. The molecule has 1 atom stereocenters. The fourth-order valence-electron chi connectivity index (χ4n) is 2.84. The molecule has 2 aromatic carbocycles. The van der Waals surface area contributed by atoms with Crippen molar-refractivity contribution in [3.63, 3.8) is 0 Å². The van der Waals surface area contributed by atoms with Crippen molar-refractivity contribution in [3.8, 4) is 11.5 Å². The second kappa shape index (κ2) is 10.6. The Bertz CT molecular complexity index is 1110. The van der Waals surface area contributed by atoms with E-state index < -0.39 is 27.8 Å². The Morgan fingerprint density at radius 3 is 2.15 bits per heavy atom. The Hall–Kier alpha value is -3.27. The van der Waals surface area contributed by atoms with Gasteiger partial charge in [0.2, 0.25) is 0 Å². The summed E-state index contributed by atoms with van der Waals surface area (Å²) < 4.78 is 41.4. The molecule has 2 rings (SSSR count). The summed E-state index contributed by atoms with van der Waals surface area (Å²) in [7, 11) is -0.941. The number of ether oxygens (including phenoxy) is 3. The van der Waals surface area contributed by atoms with Crippen molar-refractivity contribution in [1.82, 2.24) is 10.1 Å². The number of alkyl carbamates (subject to hydrolysis) is 1. The molecule has 0 fully saturated rings. The normalized spacial score (nSPS) is 13.1. The molecule has 0 aliphatic heterocycles. The van der Waals surface area contributed by atoms with E-state index in [2.05, 4.69) is 15.2 Å². The first-order valence-electron chi connectivity index (χ1n) is 10.2. The second-order valence-electron chi connectivity index (χ2n) is 8.34. The van der Waals surface area contributed by atoms with Gasteiger partial charge in [0.1, 0.15) is 5.60 Å². The molecule has 0 spiro atoms. The number of amides is 1. The number of carbonyl (C=O) groups is 1. The van der Waals surface area contributed by atoms with Crippen LogP contribution in [0.3, 0.4) is 0 Å². The summed E-state index contributed by atoms with van der Waals surface area (Å²) in [5.74, 6) is 0.919. The summed E-state index contributed by atoms with van der Waals surface area (Å²) in [6, 6.07) is 10.7. The van der Waals surface area contributed by atoms with Crippen LogP contribution in [-0.4, -0.2) is 46.1 Å². The smallest absolute Gasteiger partial charge is 0.408 e. The molecule has 2 aromatic rings. The molecule has 0 aliphatic rings. The van der Waals surface area contributed by atoms with Gasteiger partial charge < -0.3 is 19.5 Å². The van der Waals surface area contributed by atoms with E-state index >= 15 is 0 Å². The van der Waals surface area contributed by atoms with Gasteiger partial charge in [-0.25, -0.2) is 4.79 Å². The van der Waals surface area contributed by atoms with E-state index in [-0.39, 0.29) is 10.6 Å². The van der Waals surface area contributed by atoms with Gasteiger partial charge in [0.05, 0.1) is 30.9 Å². The Morgan fingerprint density at radius 1 is 1.00 bits per heavy atom. The lowest BCUT2D eigenvalue weighted by Gasteiger charge is -2.23. The highest BCUT2D eigenvalue weighted by atomic mass is 32.2. The van der Waals surface area contributed by atoms with Gasteiger partial charge in [0, 0.05) is 5.56 Å². The van der Waals surface area contributed by atoms with Crippen LogP contribution in [-0.2, 0) is 14.8 Å². The molecule has 0 aliphatic carbocycles. The number of sulfonamides is 1. The molecular formula is C23H31N3O6S. The Balaban J connectivity index is 2.43. The number of hydrogen-bond donors (Lipinski definition) is 2. The number of methoxy groups -OCH3 is 2. The van der Waals surface area contributed by atoms with E-state index in [4.69, 9.17) is 14.2 Å². The summed E-state index contributed by atoms with van der Waals surface area (Å²) in [6.45, 7) is 8.77. The average molecular weight is 478 g/mol. The van der Waals surface area contributed by atoms with E-state index in [1.165, 1.54) is 26.4 Å². The first-order chi connectivity index (χ1) is 15.4. The first kappa shape index (κ1) is 26.0. The zero-order chi connectivity index (χ0) is 24.8. The molecule has 33 heavy (non-hydrogen) atoms. The summed E-state index contributed by atoms with van der Waals surface area (Å²) in [4.78, 5) is 14.6. The third-order valence-electron chi connectivity index (χ3n) is 4.44. The highest BCUT2D eigenvalue weighted by Crippen LogP contribution is 2.28. The lowest BCUT2D eigenvalue weighted by molar-refractivity contribution is 0.0521. The fraction of sp³-hybridized carbons (Fsp3) is 0.391. The van der Waals surface area contributed by atoms with E-state index in [9.17, 15) is 13.2 Å². The first-order valence-corrected chi connectivity index (χ1v) is 11.7. The van der Waals surface area contributed by atoms with Crippen LogP contribution < -0.4 is 19.6 Å². The van der Waals surface area contributed by atoms with Crippen molar-refractivity contribution in [2.24, 2.45) is 5.10 Å². The zero-order valence-electron chi connectivity index (χ0n) is 19.9. The number of hydrogen-bond acceptors (Lipinski definition) is 7. The Labute approximate surface area is 195 Å². The third-order valence-corrected chi connectivity index (χ3v) is 5.66. The largest absolute Gasteiger partial charge is 0.493 e. The molecule has 0 saturated carbocycles. The van der Waals surface area contributed by atoms with Crippen LogP contribution in [0.5, 0.6) is 11.5 Å². The molecule has 180 valence electrons. The van der Waals surface area contributed by atoms with Crippen LogP contribution in [0.1, 0.15) is 38.8 Å². The summed E-state index contributed by atoms with van der Waals surface area (Å²) in [6.07, 6.45) is -0.662. The van der Waals surface area contributed by atoms with Crippen molar-refractivity contribution in [2.75, 3.05) is 14.2 Å². The van der Waals surface area contributed by atoms with Crippen molar-refractivity contribution in [1.29, 1.82) is 0 Å². The maximum Gasteiger partial charge on any atom is 0.408 e. The molecule has 0 aromatic heterocycles. The predicted molar refractivity (Wildman–Crippen MR) is 126 cm³/mol. The van der Waals surface area contributed by atoms with Gasteiger partial charge in [0.25, 0.3) is 10.0 Å². The minimum atomic E-state index is -3.94. The SMILES string of the molecule is COc1ccc(/C(=N\NS(=O)(=O)c2ccc(C)cc2)[C@H](C)NC(=O)OC(C)(C)C)cc1OC. The lowest BCUT2D eigenvalue weighted by Crippen LogP contribution is -2.42. The number of nitrogens with one attached hydrogen (secondary N) is 2. The Kier molecular flexibility index (Phi) is 8.32. The molecule has 10 heteroatoms. The monoisotopic (exact) mass is 477 g/mol. The molecule has 0 saturated heterocycles. The quantitative estimate of drug-likeness (QED) is 0.443. The minimum Gasteiger partial charge on any atom is -0.493 e. The molecule has 0 bridgehead atoms. The topological polar surface area (TPSA) is 115 Å². The van der Waals surface area contributed by atoms with E-state index in [0.717, 1.165) is 5.56 Å². The van der Waals surface area contributed by atoms with Crippen LogP contribution in [0.4, 0.5) is 4.79 Å². The third kappa shape index (κ3) is 7.38. The van der Waals surface area contributed by atoms with Gasteiger partial charge in [0.15, 0.2) is 11.5 Å². The highest BCUT2D eigenvalue weighted by Gasteiger charge is 2.23. The van der Waals surface area contributed by atoms with Gasteiger partial charge in [-0.15, -0.1) is 0 Å². The predicted octanol–water partition coefficient (Wildman–Crippen LogP) is 3.61. The number of nitrogens with zero attached hydrogens (tertiary/aromatic N) is 1. The standard InChI is InChI=1S/C23H31N3O6S/c1-15-8-11-18(12-9-15)33(28,29)26-25-21(16(2)24-22(27)32-23(3,4)5)17-10-13-19(30-6)20(14-17)31-7/h8-14,16,26H,1-7H3,(H,24,27)/b25-21-/t16-/m0/s1. The highest BCUT2D eigenvalue weighted by molar-refractivity contribution is 7.89. The summed E-state index contributed by atoms with van der Waals surface area (Å²) in [5, 5.41) is 6.84. The van der Waals surface area contributed by atoms with Crippen LogP contribution in [0.2, 0.25) is 0 Å². The van der Waals surface area contributed by atoms with E-state index in [1.807, 2.05) is 6.92 Å². The zero-order valence-corrected chi connectivity index (χ0v) is 20.7. The van der Waals surface area contributed by atoms with Crippen molar-refractivity contribution >= 4 is 21.8 Å². The second-order valence-corrected chi connectivity index (χ2v) is 10.0. The van der Waals surface area contributed by atoms with Crippen LogP contribution in [0.25, 0.3) is 0 Å². The molecule has 2 N–H and O–H groups in total. The molecule has 0 heterocycles. The maximum atomic E-state index is 12.8. The summed E-state index contributed by atoms with van der Waals surface area (Å²) >= 11 is 0. The molecular weight excluding hydrogens is 446 g/mol. The van der Waals surface area contributed by atoms with Crippen LogP contribution in [0.15, 0.2) is 52.5 Å². The fourth-order valence-corrected chi connectivity index (χ4v) is 3.66. The van der Waals surface area contributed by atoms with E-state index in [1.54, 1.807) is 58.0 Å². The molecule has 9 nitrogen and oxygen atoms in total. The van der Waals surface area contributed by atoms with Gasteiger partial charge >= 0.3 is 6.09 Å². The summed E-state index contributed by atoms with van der Waals surface area (Å²) in [5.41, 5.74) is 0.997. The number of hydrazone groups is 1. The molecule has 0 radical (unpaired) electrons. The van der Waals surface area contributed by atoms with E-state index in [0.29, 0.717) is 17.1 Å². The number of aryl methyl sites for hydroxylation is 1. The van der Waals surface area contributed by atoms with Crippen LogP contribution >= 0.6 is 0 Å². The average Bonchev–Trinajstić information content (AvgIpc) is 2.72. The minimum absolute atomic E-state index is 0.0660. The lowest BCUT2D eigenvalue weighted by atomic mass is 10.0. The van der Waals surface area contributed by atoms with Gasteiger partial charge in [-0.3, -0.25) is 0 Å². The molecule has 1 amide bonds. The number of rotatable bonds is 8. The van der Waals surface area contributed by atoms with Gasteiger partial charge in [-0.1, -0.05) is 17.7 Å². The van der Waals surface area contributed by atoms with Gasteiger partial charge in [-0.2, -0.15) is 18.4 Å². The van der Waals surface area contributed by atoms with Crippen LogP contribution in [0, 0.1) is 6.92 Å².